The molecule has 2 atom stereocenters. The van der Waals surface area contributed by atoms with Crippen LogP contribution in [-0.2, 0) is 11.2 Å². The maximum absolute atomic E-state index is 12.6. The molecule has 2 aromatic rings. The third kappa shape index (κ3) is 7.59. The van der Waals surface area contributed by atoms with E-state index in [-0.39, 0.29) is 5.92 Å². The molecule has 0 aliphatic heterocycles. The fraction of sp³-hybridized carbons (Fsp3) is 0.583. The Hall–Kier alpha value is -1.02. The zero-order valence-electron chi connectivity index (χ0n) is 18.7. The lowest BCUT2D eigenvalue weighted by atomic mass is 9.94. The monoisotopic (exact) mass is 468 g/mol. The fourth-order valence-corrected chi connectivity index (χ4v) is 5.39. The maximum Gasteiger partial charge on any atom is 0.142 e. The van der Waals surface area contributed by atoms with E-state index in [1.165, 1.54) is 18.1 Å². The van der Waals surface area contributed by atoms with Crippen molar-refractivity contribution < 1.29 is 4.79 Å². The molecule has 166 valence electrons. The van der Waals surface area contributed by atoms with Crippen LogP contribution in [0.1, 0.15) is 71.5 Å². The van der Waals surface area contributed by atoms with Gasteiger partial charge in [0.15, 0.2) is 0 Å². The number of nitrogens with zero attached hydrogens (tertiary/aromatic N) is 1. The summed E-state index contributed by atoms with van der Waals surface area (Å²) in [4.78, 5) is 17.5. The average Bonchev–Trinajstić information content (AvgIpc) is 3.08. The molecular formula is C24H35Cl2N2OP. The van der Waals surface area contributed by atoms with E-state index in [2.05, 4.69) is 33.0 Å². The number of aromatic nitrogens is 1. The molecule has 0 saturated carbocycles. The van der Waals surface area contributed by atoms with Gasteiger partial charge in [-0.2, -0.15) is 0 Å². The smallest absolute Gasteiger partial charge is 0.142 e. The van der Waals surface area contributed by atoms with Crippen LogP contribution in [0.15, 0.2) is 18.2 Å². The molecule has 2 rings (SSSR count). The van der Waals surface area contributed by atoms with E-state index in [1.54, 1.807) is 0 Å². The van der Waals surface area contributed by atoms with Crippen LogP contribution < -0.4 is 5.32 Å². The molecule has 6 heteroatoms. The highest BCUT2D eigenvalue weighted by molar-refractivity contribution is 7.35. The lowest BCUT2D eigenvalue weighted by molar-refractivity contribution is -0.122. The van der Waals surface area contributed by atoms with Crippen molar-refractivity contribution in [2.75, 3.05) is 11.9 Å². The van der Waals surface area contributed by atoms with Gasteiger partial charge in [-0.25, -0.2) is 4.98 Å². The number of hydrogen-bond acceptors (Lipinski definition) is 3. The highest BCUT2D eigenvalue weighted by atomic mass is 35.5. The number of ketones is 1. The highest BCUT2D eigenvalue weighted by Crippen LogP contribution is 2.38. The number of halogens is 2. The van der Waals surface area contributed by atoms with Gasteiger partial charge in [0.25, 0.3) is 0 Å². The molecule has 1 aromatic heterocycles. The summed E-state index contributed by atoms with van der Waals surface area (Å²) in [5, 5.41) is 5.96. The van der Waals surface area contributed by atoms with Gasteiger partial charge in [0.05, 0.1) is 15.7 Å². The van der Waals surface area contributed by atoms with Gasteiger partial charge >= 0.3 is 0 Å². The first-order valence-corrected chi connectivity index (χ1v) is 12.9. The average molecular weight is 469 g/mol. The Labute approximate surface area is 193 Å². The second-order valence-electron chi connectivity index (χ2n) is 8.43. The first kappa shape index (κ1) is 25.2. The molecule has 0 amide bonds. The summed E-state index contributed by atoms with van der Waals surface area (Å²) in [6.45, 7) is 9.40. The molecule has 30 heavy (non-hydrogen) atoms. The van der Waals surface area contributed by atoms with Crippen LogP contribution in [0.5, 0.6) is 0 Å². The van der Waals surface area contributed by atoms with Gasteiger partial charge in [-0.05, 0) is 42.6 Å². The fourth-order valence-electron chi connectivity index (χ4n) is 3.62. The van der Waals surface area contributed by atoms with Gasteiger partial charge in [-0.1, -0.05) is 84.4 Å². The first-order valence-electron chi connectivity index (χ1n) is 11.2. The van der Waals surface area contributed by atoms with E-state index in [0.29, 0.717) is 42.9 Å². The molecule has 1 N–H and O–H groups in total. The molecular weight excluding hydrogens is 434 g/mol. The van der Waals surface area contributed by atoms with Crippen LogP contribution in [0, 0.1) is 11.8 Å². The first-order chi connectivity index (χ1) is 14.3. The van der Waals surface area contributed by atoms with E-state index in [9.17, 15) is 4.79 Å². The Balaban J connectivity index is 2.20. The number of nitrogens with one attached hydrogen (secondary N) is 1. The van der Waals surface area contributed by atoms with E-state index in [1.807, 2.05) is 18.2 Å². The molecule has 0 aliphatic rings. The summed E-state index contributed by atoms with van der Waals surface area (Å²) in [6, 6.07) is 5.71. The maximum atomic E-state index is 12.6. The molecule has 1 aromatic carbocycles. The van der Waals surface area contributed by atoms with Gasteiger partial charge in [0, 0.05) is 24.4 Å². The number of hydrogen-bond donors (Lipinski definition) is 1. The van der Waals surface area contributed by atoms with Crippen LogP contribution in [0.25, 0.3) is 11.3 Å². The molecule has 3 nitrogen and oxygen atoms in total. The Morgan fingerprint density at radius 3 is 2.53 bits per heavy atom. The summed E-state index contributed by atoms with van der Waals surface area (Å²) >= 11 is 12.4. The van der Waals surface area contributed by atoms with Crippen LogP contribution in [0.3, 0.4) is 0 Å². The summed E-state index contributed by atoms with van der Waals surface area (Å²) in [7, 11) is 0.511. The molecule has 0 saturated heterocycles. The van der Waals surface area contributed by atoms with Crippen molar-refractivity contribution >= 4 is 42.7 Å². The van der Waals surface area contributed by atoms with Crippen molar-refractivity contribution in [2.24, 2.45) is 11.8 Å². The zero-order valence-corrected chi connectivity index (χ0v) is 21.2. The lowest BCUT2D eigenvalue weighted by Crippen LogP contribution is -2.23. The minimum atomic E-state index is 0.0755. The molecule has 2 unspecified atom stereocenters. The van der Waals surface area contributed by atoms with Crippen LogP contribution >= 0.6 is 31.4 Å². The third-order valence-corrected chi connectivity index (χ3v) is 7.22. The topological polar surface area (TPSA) is 42.0 Å². The number of carbonyl (C=O) groups is 1. The van der Waals surface area contributed by atoms with Crippen LogP contribution in [-0.4, -0.2) is 17.3 Å². The minimum Gasteiger partial charge on any atom is -0.366 e. The van der Waals surface area contributed by atoms with E-state index in [0.717, 1.165) is 42.5 Å². The number of unbranched alkanes of at least 4 members (excludes halogenated alkanes) is 2. The zero-order chi connectivity index (χ0) is 22.1. The van der Waals surface area contributed by atoms with E-state index in [4.69, 9.17) is 28.2 Å². The van der Waals surface area contributed by atoms with Crippen molar-refractivity contribution in [2.45, 2.75) is 72.6 Å². The van der Waals surface area contributed by atoms with Gasteiger partial charge in [-0.3, -0.25) is 4.79 Å². The number of Topliss-reactive ketones (excluding diaryl/α,β-unsaturated/α-hetero) is 1. The predicted molar refractivity (Wildman–Crippen MR) is 134 cm³/mol. The Morgan fingerprint density at radius 1 is 1.13 bits per heavy atom. The molecule has 0 bridgehead atoms. The molecule has 0 aliphatic carbocycles. The van der Waals surface area contributed by atoms with Crippen molar-refractivity contribution in [3.8, 4) is 11.3 Å². The van der Waals surface area contributed by atoms with E-state index < -0.39 is 0 Å². The highest BCUT2D eigenvalue weighted by Gasteiger charge is 2.19. The Kier molecular flexibility index (Phi) is 10.7. The molecule has 1 heterocycles. The van der Waals surface area contributed by atoms with Gasteiger partial charge in [0.1, 0.15) is 11.3 Å². The van der Waals surface area contributed by atoms with Crippen LogP contribution in [0.2, 0.25) is 10.0 Å². The van der Waals surface area contributed by atoms with Gasteiger partial charge < -0.3 is 5.32 Å². The quantitative estimate of drug-likeness (QED) is 0.300. The van der Waals surface area contributed by atoms with E-state index >= 15 is 0 Å². The number of rotatable bonds is 13. The minimum absolute atomic E-state index is 0.0755. The summed E-state index contributed by atoms with van der Waals surface area (Å²) in [5.41, 5.74) is 2.99. The predicted octanol–water partition coefficient (Wildman–Crippen LogP) is 8.26. The van der Waals surface area contributed by atoms with Gasteiger partial charge in [-0.15, -0.1) is 0 Å². The molecule has 0 radical (unpaired) electrons. The summed E-state index contributed by atoms with van der Waals surface area (Å²) < 4.78 is 0. The summed E-state index contributed by atoms with van der Waals surface area (Å²) in [5.74, 6) is 1.00. The number of anilines is 1. The third-order valence-electron chi connectivity index (χ3n) is 5.21. The normalized spacial score (nSPS) is 12.6. The van der Waals surface area contributed by atoms with Gasteiger partial charge in [0.2, 0.25) is 0 Å². The second kappa shape index (κ2) is 12.7. The Bertz CT molecular complexity index is 820. The van der Waals surface area contributed by atoms with Crippen molar-refractivity contribution in [3.05, 3.63) is 33.5 Å². The largest absolute Gasteiger partial charge is 0.366 e. The van der Waals surface area contributed by atoms with Crippen LogP contribution in [0.4, 0.5) is 5.55 Å². The molecule has 0 fully saturated rings. The molecule has 0 spiro atoms. The number of carbonyl (C=O) groups excluding carboxylic acids is 1. The standard InChI is InChI=1S/C24H35Cl2N2OP/c1-5-7-8-10-18(21(29)9-6-2)15-27-24-28-23(22(30-24)13-16(3)4)17-11-12-19(25)20(26)14-17/h11-12,14,16,18,30H,5-10,13,15H2,1-4H3,(H,27,28). The SMILES string of the molecule is CCCCCC(CNc1nc(-c2ccc(Cl)c(Cl)c2)c(CC(C)C)[pH]1)C(=O)CCC. The van der Waals surface area contributed by atoms with Crippen molar-refractivity contribution in [3.63, 3.8) is 0 Å². The summed E-state index contributed by atoms with van der Waals surface area (Å²) in [6.07, 6.45) is 7.00. The Morgan fingerprint density at radius 2 is 1.90 bits per heavy atom. The van der Waals surface area contributed by atoms with Crippen molar-refractivity contribution in [1.29, 1.82) is 0 Å². The second-order valence-corrected chi connectivity index (χ2v) is 10.6. The number of benzene rings is 1. The lowest BCUT2D eigenvalue weighted by Gasteiger charge is -2.16. The van der Waals surface area contributed by atoms with Crippen molar-refractivity contribution in [1.82, 2.24) is 4.98 Å².